The number of rotatable bonds is 3. The third-order valence-corrected chi connectivity index (χ3v) is 1.13. The molecule has 2 heteroatoms. The van der Waals surface area contributed by atoms with E-state index in [-0.39, 0.29) is 5.78 Å². The molecule has 0 unspecified atom stereocenters. The van der Waals surface area contributed by atoms with Crippen molar-refractivity contribution in [1.82, 2.24) is 0 Å². The fourth-order valence-electron chi connectivity index (χ4n) is 0.493. The van der Waals surface area contributed by atoms with Gasteiger partial charge >= 0.3 is 0 Å². The zero-order valence-corrected chi connectivity index (χ0v) is 9.63. The van der Waals surface area contributed by atoms with E-state index in [4.69, 9.17) is 5.73 Å². The second kappa shape index (κ2) is 9.93. The quantitative estimate of drug-likeness (QED) is 0.703. The average Bonchev–Trinajstić information content (AvgIpc) is 2.04. The molecule has 0 aromatic rings. The second-order valence-electron chi connectivity index (χ2n) is 3.30. The predicted molar refractivity (Wildman–Crippen MR) is 63.1 cm³/mol. The zero-order chi connectivity index (χ0) is 11.6. The number of nitrogens with two attached hydrogens (primary N) is 1. The third kappa shape index (κ3) is 17.1. The summed E-state index contributed by atoms with van der Waals surface area (Å²) in [4.78, 5) is 9.44. The lowest BCUT2D eigenvalue weighted by atomic mass is 10.2. The van der Waals surface area contributed by atoms with Crippen LogP contribution in [0, 0.1) is 0 Å². The number of hydrogen-bond acceptors (Lipinski definition) is 2. The fourth-order valence-corrected chi connectivity index (χ4v) is 0.493. The summed E-state index contributed by atoms with van der Waals surface area (Å²) in [7, 11) is 0. The van der Waals surface area contributed by atoms with Gasteiger partial charge in [0.1, 0.15) is 5.78 Å². The van der Waals surface area contributed by atoms with Crippen LogP contribution in [-0.2, 0) is 4.79 Å². The molecule has 0 saturated carbocycles. The van der Waals surface area contributed by atoms with E-state index in [0.29, 0.717) is 6.54 Å². The Labute approximate surface area is 87.2 Å². The zero-order valence-electron chi connectivity index (χ0n) is 9.63. The molecule has 0 saturated heterocycles. The van der Waals surface area contributed by atoms with Gasteiger partial charge in [0.25, 0.3) is 0 Å². The molecule has 0 aromatic carbocycles. The van der Waals surface area contributed by atoms with Gasteiger partial charge in [-0.05, 0) is 33.3 Å². The monoisotopic (exact) mass is 195 g/mol. The Bertz CT molecular complexity index is 229. The van der Waals surface area contributed by atoms with Crippen LogP contribution in [0.25, 0.3) is 0 Å². The number of Topliss-reactive ketones (excluding diaryl/α,β-unsaturated/α-hetero) is 1. The molecular weight excluding hydrogens is 174 g/mol. The third-order valence-electron chi connectivity index (χ3n) is 1.13. The van der Waals surface area contributed by atoms with Crippen LogP contribution in [0.4, 0.5) is 0 Å². The summed E-state index contributed by atoms with van der Waals surface area (Å²) in [5.74, 6) is 0.167. The lowest BCUT2D eigenvalue weighted by Gasteiger charge is -1.92. The summed E-state index contributed by atoms with van der Waals surface area (Å²) in [6, 6.07) is 0. The average molecular weight is 195 g/mol. The van der Waals surface area contributed by atoms with Crippen LogP contribution < -0.4 is 5.73 Å². The van der Waals surface area contributed by atoms with Gasteiger partial charge in [-0.1, -0.05) is 30.4 Å². The summed E-state index contributed by atoms with van der Waals surface area (Å²) in [5, 5.41) is 0. The van der Waals surface area contributed by atoms with Crippen molar-refractivity contribution in [3.05, 3.63) is 36.0 Å². The van der Waals surface area contributed by atoms with E-state index in [1.165, 1.54) is 19.4 Å². The topological polar surface area (TPSA) is 43.1 Å². The standard InChI is InChI=1S/C9H15N.C3H6O/c1-4-9(7-10)6-5-8(2)3;1-3(2)4/h4-6H,1,7,10H2,2-3H3;1-2H3/b9-6+;. The molecule has 0 aromatic heterocycles. The van der Waals surface area contributed by atoms with E-state index in [1.807, 2.05) is 26.0 Å². The lowest BCUT2D eigenvalue weighted by Crippen LogP contribution is -1.99. The van der Waals surface area contributed by atoms with Gasteiger partial charge in [0, 0.05) is 6.54 Å². The van der Waals surface area contributed by atoms with Crippen LogP contribution in [0.2, 0.25) is 0 Å². The molecule has 0 aliphatic carbocycles. The molecule has 0 amide bonds. The van der Waals surface area contributed by atoms with Crippen molar-refractivity contribution in [3.63, 3.8) is 0 Å². The van der Waals surface area contributed by atoms with Gasteiger partial charge in [0.2, 0.25) is 0 Å². The SMILES string of the molecule is C=C/C(=C\C=C(C)C)CN.CC(C)=O. The number of carbonyl (C=O) groups is 1. The molecule has 0 bridgehead atoms. The molecule has 0 radical (unpaired) electrons. The van der Waals surface area contributed by atoms with Crippen molar-refractivity contribution in [2.24, 2.45) is 5.73 Å². The number of hydrogen-bond donors (Lipinski definition) is 1. The Kier molecular flexibility index (Phi) is 10.9. The minimum absolute atomic E-state index is 0.167. The lowest BCUT2D eigenvalue weighted by molar-refractivity contribution is -0.114. The highest BCUT2D eigenvalue weighted by Gasteiger charge is 1.81. The predicted octanol–water partition coefficient (Wildman–Crippen LogP) is 2.62. The van der Waals surface area contributed by atoms with Gasteiger partial charge in [-0.3, -0.25) is 0 Å². The van der Waals surface area contributed by atoms with E-state index < -0.39 is 0 Å². The first-order valence-corrected chi connectivity index (χ1v) is 4.57. The van der Waals surface area contributed by atoms with Crippen LogP contribution in [0.3, 0.4) is 0 Å². The molecule has 0 rings (SSSR count). The Morgan fingerprint density at radius 2 is 1.64 bits per heavy atom. The van der Waals surface area contributed by atoms with Gasteiger partial charge in [-0.25, -0.2) is 0 Å². The Balaban J connectivity index is 0. The van der Waals surface area contributed by atoms with Gasteiger partial charge < -0.3 is 10.5 Å². The van der Waals surface area contributed by atoms with Crippen LogP contribution in [-0.4, -0.2) is 12.3 Å². The largest absolute Gasteiger partial charge is 0.326 e. The molecular formula is C12H21NO. The second-order valence-corrected chi connectivity index (χ2v) is 3.30. The van der Waals surface area contributed by atoms with Crippen LogP contribution >= 0.6 is 0 Å². The molecule has 80 valence electrons. The van der Waals surface area contributed by atoms with E-state index in [9.17, 15) is 4.79 Å². The molecule has 0 atom stereocenters. The van der Waals surface area contributed by atoms with Crippen molar-refractivity contribution in [1.29, 1.82) is 0 Å². The van der Waals surface area contributed by atoms with Crippen LogP contribution in [0.15, 0.2) is 36.0 Å². The molecule has 0 heterocycles. The summed E-state index contributed by atoms with van der Waals surface area (Å²) in [6.07, 6.45) is 5.80. The molecule has 2 N–H and O–H groups in total. The molecule has 14 heavy (non-hydrogen) atoms. The van der Waals surface area contributed by atoms with Crippen molar-refractivity contribution in [2.75, 3.05) is 6.54 Å². The molecule has 0 spiro atoms. The fraction of sp³-hybridized carbons (Fsp3) is 0.417. The van der Waals surface area contributed by atoms with E-state index in [0.717, 1.165) is 5.57 Å². The maximum absolute atomic E-state index is 9.44. The summed E-state index contributed by atoms with van der Waals surface area (Å²) in [5.41, 5.74) is 7.74. The van der Waals surface area contributed by atoms with E-state index in [2.05, 4.69) is 6.58 Å². The minimum atomic E-state index is 0.167. The Hall–Kier alpha value is -1.15. The molecule has 0 aliphatic rings. The van der Waals surface area contributed by atoms with Crippen molar-refractivity contribution in [2.45, 2.75) is 27.7 Å². The summed E-state index contributed by atoms with van der Waals surface area (Å²) in [6.45, 7) is 11.3. The number of allylic oxidation sites excluding steroid dienone is 3. The van der Waals surface area contributed by atoms with E-state index >= 15 is 0 Å². The first kappa shape index (κ1) is 15.3. The number of ketones is 1. The Morgan fingerprint density at radius 1 is 1.21 bits per heavy atom. The normalized spacial score (nSPS) is 9.64. The molecule has 2 nitrogen and oxygen atoms in total. The van der Waals surface area contributed by atoms with Gasteiger partial charge in [0.15, 0.2) is 0 Å². The minimum Gasteiger partial charge on any atom is -0.326 e. The highest BCUT2D eigenvalue weighted by Crippen LogP contribution is 1.95. The smallest absolute Gasteiger partial charge is 0.126 e. The van der Waals surface area contributed by atoms with Crippen molar-refractivity contribution in [3.8, 4) is 0 Å². The maximum atomic E-state index is 9.44. The van der Waals surface area contributed by atoms with Gasteiger partial charge in [-0.15, -0.1) is 0 Å². The van der Waals surface area contributed by atoms with Crippen LogP contribution in [0.1, 0.15) is 27.7 Å². The Morgan fingerprint density at radius 3 is 1.86 bits per heavy atom. The maximum Gasteiger partial charge on any atom is 0.126 e. The molecule has 0 aliphatic heterocycles. The van der Waals surface area contributed by atoms with Gasteiger partial charge in [-0.2, -0.15) is 0 Å². The number of carbonyl (C=O) groups excluding carboxylic acids is 1. The molecule has 0 fully saturated rings. The first-order chi connectivity index (χ1) is 6.43. The first-order valence-electron chi connectivity index (χ1n) is 4.57. The van der Waals surface area contributed by atoms with Crippen LogP contribution in [0.5, 0.6) is 0 Å². The van der Waals surface area contributed by atoms with Crippen molar-refractivity contribution < 1.29 is 4.79 Å². The highest BCUT2D eigenvalue weighted by atomic mass is 16.1. The highest BCUT2D eigenvalue weighted by molar-refractivity contribution is 5.72. The summed E-state index contributed by atoms with van der Waals surface area (Å²) < 4.78 is 0. The van der Waals surface area contributed by atoms with Gasteiger partial charge in [0.05, 0.1) is 0 Å². The van der Waals surface area contributed by atoms with E-state index in [1.54, 1.807) is 6.08 Å². The summed E-state index contributed by atoms with van der Waals surface area (Å²) >= 11 is 0. The van der Waals surface area contributed by atoms with Crippen molar-refractivity contribution >= 4 is 5.78 Å².